The van der Waals surface area contributed by atoms with E-state index >= 15 is 0 Å². The molecule has 2 unspecified atom stereocenters. The summed E-state index contributed by atoms with van der Waals surface area (Å²) < 4.78 is 12.3. The van der Waals surface area contributed by atoms with E-state index in [0.29, 0.717) is 0 Å². The molecule has 0 radical (unpaired) electrons. The predicted molar refractivity (Wildman–Crippen MR) is 64.5 cm³/mol. The molecule has 1 N–H and O–H groups in total. The van der Waals surface area contributed by atoms with Gasteiger partial charge in [-0.25, -0.2) is 4.39 Å². The van der Waals surface area contributed by atoms with Crippen LogP contribution in [0.5, 0.6) is 0 Å². The molecule has 1 aliphatic carbocycles. The molecule has 2 rings (SSSR count). The molecular weight excluding hydrogens is 289 g/mol. The molecule has 0 bridgehead atoms. The van der Waals surface area contributed by atoms with E-state index in [9.17, 15) is 9.18 Å². The Hall–Kier alpha value is -0.510. The van der Waals surface area contributed by atoms with Crippen LogP contribution in [0.25, 0.3) is 0 Å². The minimum absolute atomic E-state index is 0.0554. The van der Waals surface area contributed by atoms with Crippen LogP contribution >= 0.6 is 34.8 Å². The van der Waals surface area contributed by atoms with Crippen molar-refractivity contribution in [3.8, 4) is 0 Å². The lowest BCUT2D eigenvalue weighted by molar-refractivity contribution is -0.138. The lowest BCUT2D eigenvalue weighted by Gasteiger charge is -2.06. The molecule has 1 aromatic carbocycles. The van der Waals surface area contributed by atoms with Gasteiger partial charge in [0.05, 0.1) is 5.02 Å². The Bertz CT molecular complexity index is 502. The molecule has 92 valence electrons. The quantitative estimate of drug-likeness (QED) is 0.844. The predicted octanol–water partition coefficient (Wildman–Crippen LogP) is 3.76. The summed E-state index contributed by atoms with van der Waals surface area (Å²) in [6.07, 6.45) is 0. The molecule has 2 nitrogen and oxygen atoms in total. The highest BCUT2D eigenvalue weighted by Gasteiger charge is 2.68. The van der Waals surface area contributed by atoms with Crippen molar-refractivity contribution >= 4 is 40.8 Å². The Morgan fingerprint density at radius 2 is 2.06 bits per heavy atom. The highest BCUT2D eigenvalue weighted by molar-refractivity contribution is 6.53. The molecule has 0 spiro atoms. The molecule has 2 atom stereocenters. The summed E-state index contributed by atoms with van der Waals surface area (Å²) in [6.45, 7) is 1.73. The highest BCUT2D eigenvalue weighted by Crippen LogP contribution is 2.65. The summed E-state index contributed by atoms with van der Waals surface area (Å²) in [5.41, 5.74) is 0.888. The van der Waals surface area contributed by atoms with Gasteiger partial charge in [-0.2, -0.15) is 0 Å². The van der Waals surface area contributed by atoms with Crippen LogP contribution in [0.15, 0.2) is 12.1 Å². The van der Waals surface area contributed by atoms with Gasteiger partial charge in [-0.05, 0) is 24.1 Å². The Morgan fingerprint density at radius 1 is 1.47 bits per heavy atom. The van der Waals surface area contributed by atoms with Crippen molar-refractivity contribution in [3.63, 3.8) is 0 Å². The molecule has 1 aliphatic rings. The number of carboxylic acid groups (broad SMARTS) is 1. The van der Waals surface area contributed by atoms with Crippen molar-refractivity contribution in [2.75, 3.05) is 0 Å². The van der Waals surface area contributed by atoms with E-state index < -0.39 is 28.0 Å². The average molecular weight is 298 g/mol. The smallest absolute Gasteiger partial charge is 0.310 e. The van der Waals surface area contributed by atoms with Gasteiger partial charge < -0.3 is 5.11 Å². The second kappa shape index (κ2) is 4.01. The van der Waals surface area contributed by atoms with E-state index in [-0.39, 0.29) is 10.6 Å². The zero-order valence-electron chi connectivity index (χ0n) is 8.68. The summed E-state index contributed by atoms with van der Waals surface area (Å²) in [5.74, 6) is -3.56. The van der Waals surface area contributed by atoms with Crippen molar-refractivity contribution in [1.29, 1.82) is 0 Å². The highest BCUT2D eigenvalue weighted by atomic mass is 35.5. The molecule has 0 amide bonds. The van der Waals surface area contributed by atoms with Gasteiger partial charge >= 0.3 is 5.97 Å². The average Bonchev–Trinajstić information content (AvgIpc) is 2.75. The molecular formula is C11H8Cl3FO2. The van der Waals surface area contributed by atoms with Crippen LogP contribution < -0.4 is 0 Å². The van der Waals surface area contributed by atoms with Gasteiger partial charge in [-0.15, -0.1) is 0 Å². The number of hydrogen-bond acceptors (Lipinski definition) is 1. The fraction of sp³-hybridized carbons (Fsp3) is 0.364. The van der Waals surface area contributed by atoms with Crippen LogP contribution in [0.3, 0.4) is 0 Å². The fourth-order valence-electron chi connectivity index (χ4n) is 2.00. The van der Waals surface area contributed by atoms with E-state index in [1.807, 2.05) is 0 Å². The molecule has 1 aromatic rings. The third kappa shape index (κ3) is 2.01. The second-order valence-corrected chi connectivity index (χ2v) is 5.97. The Labute approximate surface area is 112 Å². The largest absolute Gasteiger partial charge is 0.481 e. The first kappa shape index (κ1) is 12.9. The number of carbonyl (C=O) groups is 1. The minimum atomic E-state index is -1.47. The van der Waals surface area contributed by atoms with Crippen LogP contribution in [-0.4, -0.2) is 15.4 Å². The van der Waals surface area contributed by atoms with E-state index in [2.05, 4.69) is 0 Å². The Morgan fingerprint density at radius 3 is 2.53 bits per heavy atom. The van der Waals surface area contributed by atoms with E-state index in [4.69, 9.17) is 39.9 Å². The maximum Gasteiger partial charge on any atom is 0.310 e. The zero-order valence-corrected chi connectivity index (χ0v) is 10.9. The van der Waals surface area contributed by atoms with Gasteiger partial charge in [0.25, 0.3) is 0 Å². The van der Waals surface area contributed by atoms with Gasteiger partial charge in [0.1, 0.15) is 16.1 Å². The van der Waals surface area contributed by atoms with Gasteiger partial charge in [-0.1, -0.05) is 40.9 Å². The maximum atomic E-state index is 13.8. The third-order valence-corrected chi connectivity index (χ3v) is 4.07. The standard InChI is InChI=1S/C11H8Cl3FO2/c1-4-2-5(9(15)6(12)3-4)7-8(10(16)17)11(7,13)14/h2-3,7-8H,1H3,(H,16,17). The molecule has 0 aliphatic heterocycles. The number of rotatable bonds is 2. The van der Waals surface area contributed by atoms with Crippen LogP contribution in [0.4, 0.5) is 4.39 Å². The minimum Gasteiger partial charge on any atom is -0.481 e. The SMILES string of the molecule is Cc1cc(Cl)c(F)c(C2C(C(=O)O)C2(Cl)Cl)c1. The molecule has 0 heterocycles. The number of aryl methyl sites for hydroxylation is 1. The molecule has 6 heteroatoms. The Balaban J connectivity index is 2.47. The normalized spacial score (nSPS) is 25.7. The molecule has 17 heavy (non-hydrogen) atoms. The summed E-state index contributed by atoms with van der Waals surface area (Å²) in [6, 6.07) is 2.98. The van der Waals surface area contributed by atoms with Crippen LogP contribution in [0, 0.1) is 18.7 Å². The lowest BCUT2D eigenvalue weighted by atomic mass is 10.1. The second-order valence-electron chi connectivity index (χ2n) is 4.12. The molecule has 0 aromatic heterocycles. The summed E-state index contributed by atoms with van der Waals surface area (Å²) in [5, 5.41) is 8.87. The van der Waals surface area contributed by atoms with E-state index in [1.54, 1.807) is 6.92 Å². The number of carboxylic acids is 1. The van der Waals surface area contributed by atoms with Crippen LogP contribution in [0.2, 0.25) is 5.02 Å². The zero-order chi connectivity index (χ0) is 13.0. The molecule has 0 saturated heterocycles. The lowest BCUT2D eigenvalue weighted by Crippen LogP contribution is -2.03. The van der Waals surface area contributed by atoms with Gasteiger partial charge in [0.15, 0.2) is 0 Å². The van der Waals surface area contributed by atoms with Gasteiger partial charge in [-0.3, -0.25) is 4.79 Å². The first-order valence-corrected chi connectivity index (χ1v) is 5.96. The topological polar surface area (TPSA) is 37.3 Å². The molecule has 1 saturated carbocycles. The summed E-state index contributed by atoms with van der Waals surface area (Å²) in [7, 11) is 0. The maximum absolute atomic E-state index is 13.8. The van der Waals surface area contributed by atoms with Crippen molar-refractivity contribution in [2.24, 2.45) is 5.92 Å². The number of halogens is 4. The van der Waals surface area contributed by atoms with Crippen LogP contribution in [0.1, 0.15) is 17.0 Å². The van der Waals surface area contributed by atoms with Gasteiger partial charge in [0.2, 0.25) is 0 Å². The first-order valence-electron chi connectivity index (χ1n) is 4.83. The number of alkyl halides is 2. The first-order chi connectivity index (χ1) is 7.76. The van der Waals surface area contributed by atoms with Crippen LogP contribution in [-0.2, 0) is 4.79 Å². The van der Waals surface area contributed by atoms with Gasteiger partial charge in [0, 0.05) is 5.92 Å². The fourth-order valence-corrected chi connectivity index (χ4v) is 3.08. The number of hydrogen-bond donors (Lipinski definition) is 1. The van der Waals surface area contributed by atoms with E-state index in [0.717, 1.165) is 5.56 Å². The van der Waals surface area contributed by atoms with Crippen molar-refractivity contribution < 1.29 is 14.3 Å². The Kier molecular flexibility index (Phi) is 3.05. The van der Waals surface area contributed by atoms with E-state index in [1.165, 1.54) is 12.1 Å². The summed E-state index contributed by atoms with van der Waals surface area (Å²) in [4.78, 5) is 10.9. The summed E-state index contributed by atoms with van der Waals surface area (Å²) >= 11 is 17.4. The van der Waals surface area contributed by atoms with Crippen molar-refractivity contribution in [1.82, 2.24) is 0 Å². The monoisotopic (exact) mass is 296 g/mol. The number of aliphatic carboxylic acids is 1. The molecule has 1 fully saturated rings. The van der Waals surface area contributed by atoms with Crippen molar-refractivity contribution in [3.05, 3.63) is 34.1 Å². The number of benzene rings is 1. The van der Waals surface area contributed by atoms with Crippen molar-refractivity contribution in [2.45, 2.75) is 17.2 Å². The third-order valence-electron chi connectivity index (χ3n) is 2.86.